The van der Waals surface area contributed by atoms with Crippen LogP contribution in [0, 0.1) is 0 Å². The summed E-state index contributed by atoms with van der Waals surface area (Å²) in [5, 5.41) is 9.13. The topological polar surface area (TPSA) is 42.7 Å². The van der Waals surface area contributed by atoms with Crippen molar-refractivity contribution >= 4 is 11.3 Å². The maximum atomic E-state index is 4.91. The van der Waals surface area contributed by atoms with Crippen molar-refractivity contribution in [2.24, 2.45) is 7.05 Å². The third-order valence-corrected chi connectivity index (χ3v) is 4.99. The fourth-order valence-electron chi connectivity index (χ4n) is 2.72. The van der Waals surface area contributed by atoms with Crippen molar-refractivity contribution in [3.8, 4) is 0 Å². The zero-order valence-electron chi connectivity index (χ0n) is 12.2. The maximum Gasteiger partial charge on any atom is 0.115 e. The molecule has 1 N–H and O–H groups in total. The molecule has 0 fully saturated rings. The van der Waals surface area contributed by atoms with E-state index in [1.54, 1.807) is 0 Å². The van der Waals surface area contributed by atoms with Gasteiger partial charge in [0.05, 0.1) is 17.9 Å². The highest BCUT2D eigenvalue weighted by Gasteiger charge is 2.22. The summed E-state index contributed by atoms with van der Waals surface area (Å²) in [5.41, 5.74) is 2.55. The van der Waals surface area contributed by atoms with Crippen LogP contribution >= 0.6 is 11.3 Å². The highest BCUT2D eigenvalue weighted by Crippen LogP contribution is 2.32. The minimum atomic E-state index is 0.194. The van der Waals surface area contributed by atoms with Crippen molar-refractivity contribution in [1.29, 1.82) is 0 Å². The second-order valence-corrected chi connectivity index (χ2v) is 6.58. The molecule has 0 amide bonds. The third-order valence-electron chi connectivity index (χ3n) is 3.77. The van der Waals surface area contributed by atoms with Crippen LogP contribution in [0.15, 0.2) is 12.4 Å². The molecule has 0 saturated heterocycles. The summed E-state index contributed by atoms with van der Waals surface area (Å²) >= 11 is 1.89. The van der Waals surface area contributed by atoms with E-state index in [-0.39, 0.29) is 6.04 Å². The first-order chi connectivity index (χ1) is 9.78. The highest BCUT2D eigenvalue weighted by atomic mass is 32.1. The average Bonchev–Trinajstić information content (AvgIpc) is 3.05. The smallest absolute Gasteiger partial charge is 0.115 e. The van der Waals surface area contributed by atoms with Gasteiger partial charge >= 0.3 is 0 Å². The van der Waals surface area contributed by atoms with E-state index in [2.05, 4.69) is 23.5 Å². The molecule has 2 heterocycles. The van der Waals surface area contributed by atoms with Gasteiger partial charge in [0.15, 0.2) is 0 Å². The summed E-state index contributed by atoms with van der Waals surface area (Å²) in [7, 11) is 1.97. The first kappa shape index (κ1) is 13.8. The van der Waals surface area contributed by atoms with Crippen molar-refractivity contribution in [3.05, 3.63) is 33.5 Å². The summed E-state index contributed by atoms with van der Waals surface area (Å²) in [4.78, 5) is 6.41. The molecule has 1 atom stereocenters. The lowest BCUT2D eigenvalue weighted by Crippen LogP contribution is -2.22. The molecule has 0 aliphatic heterocycles. The van der Waals surface area contributed by atoms with Crippen LogP contribution in [0.4, 0.5) is 0 Å². The number of aryl methyl sites for hydroxylation is 3. The normalized spacial score (nSPS) is 16.1. The Morgan fingerprint density at radius 2 is 2.25 bits per heavy atom. The number of fused-ring (bicyclic) bond motifs is 1. The summed E-state index contributed by atoms with van der Waals surface area (Å²) in [6.07, 6.45) is 10.1. The third kappa shape index (κ3) is 2.79. The molecular formula is C15H22N4S. The molecule has 0 radical (unpaired) electrons. The van der Waals surface area contributed by atoms with Gasteiger partial charge in [-0.25, -0.2) is 4.98 Å². The van der Waals surface area contributed by atoms with Crippen LogP contribution in [-0.2, 0) is 19.9 Å². The van der Waals surface area contributed by atoms with E-state index in [0.29, 0.717) is 0 Å². The fourth-order valence-corrected chi connectivity index (χ4v) is 3.98. The van der Waals surface area contributed by atoms with Crippen LogP contribution in [0.1, 0.15) is 53.4 Å². The Morgan fingerprint density at radius 1 is 1.40 bits per heavy atom. The Labute approximate surface area is 124 Å². The zero-order chi connectivity index (χ0) is 13.9. The van der Waals surface area contributed by atoms with Crippen molar-refractivity contribution < 1.29 is 0 Å². The first-order valence-electron chi connectivity index (χ1n) is 7.48. The second-order valence-electron chi connectivity index (χ2n) is 5.46. The maximum absolute atomic E-state index is 4.91. The quantitative estimate of drug-likeness (QED) is 0.921. The van der Waals surface area contributed by atoms with E-state index in [0.717, 1.165) is 19.4 Å². The van der Waals surface area contributed by atoms with E-state index < -0.39 is 0 Å². The molecule has 5 heteroatoms. The first-order valence-corrected chi connectivity index (χ1v) is 8.30. The molecule has 3 rings (SSSR count). The summed E-state index contributed by atoms with van der Waals surface area (Å²) in [6.45, 7) is 3.20. The molecule has 0 saturated carbocycles. The van der Waals surface area contributed by atoms with Crippen LogP contribution in [0.25, 0.3) is 0 Å². The number of hydrogen-bond acceptors (Lipinski definition) is 4. The van der Waals surface area contributed by atoms with Crippen LogP contribution in [0.2, 0.25) is 0 Å². The van der Waals surface area contributed by atoms with E-state index in [9.17, 15) is 0 Å². The number of nitrogens with zero attached hydrogens (tertiary/aromatic N) is 3. The summed E-state index contributed by atoms with van der Waals surface area (Å²) in [6, 6.07) is 0.194. The number of thiazole rings is 1. The second kappa shape index (κ2) is 6.06. The molecule has 1 aliphatic rings. The monoisotopic (exact) mass is 290 g/mol. The van der Waals surface area contributed by atoms with Gasteiger partial charge in [0.25, 0.3) is 0 Å². The molecule has 1 aliphatic carbocycles. The fraction of sp³-hybridized carbons (Fsp3) is 0.600. The standard InChI is InChI=1S/C15H22N4S/c1-3-8-16-14(11-9-17-19(2)10-11)15-18-12-6-4-5-7-13(12)20-15/h9-10,14,16H,3-8H2,1-2H3. The molecule has 108 valence electrons. The molecule has 0 aromatic carbocycles. The number of aromatic nitrogens is 3. The number of rotatable bonds is 5. The van der Waals surface area contributed by atoms with Crippen molar-refractivity contribution in [1.82, 2.24) is 20.1 Å². The van der Waals surface area contributed by atoms with E-state index in [1.807, 2.05) is 29.3 Å². The summed E-state index contributed by atoms with van der Waals surface area (Å²) in [5.74, 6) is 0. The molecule has 2 aromatic rings. The zero-order valence-corrected chi connectivity index (χ0v) is 13.0. The Bertz CT molecular complexity index is 549. The van der Waals surface area contributed by atoms with Crippen molar-refractivity contribution in [3.63, 3.8) is 0 Å². The lowest BCUT2D eigenvalue weighted by atomic mass is 10.0. The van der Waals surface area contributed by atoms with E-state index in [4.69, 9.17) is 4.98 Å². The van der Waals surface area contributed by atoms with Crippen LogP contribution in [-0.4, -0.2) is 21.3 Å². The predicted molar refractivity (Wildman–Crippen MR) is 82.1 cm³/mol. The minimum Gasteiger partial charge on any atom is -0.304 e. The Morgan fingerprint density at radius 3 is 2.95 bits per heavy atom. The molecule has 0 bridgehead atoms. The predicted octanol–water partition coefficient (Wildman–Crippen LogP) is 2.84. The van der Waals surface area contributed by atoms with Crippen molar-refractivity contribution in [2.45, 2.75) is 45.1 Å². The Balaban J connectivity index is 1.90. The van der Waals surface area contributed by atoms with Gasteiger partial charge in [-0.3, -0.25) is 4.68 Å². The van der Waals surface area contributed by atoms with E-state index in [1.165, 1.54) is 40.4 Å². The largest absolute Gasteiger partial charge is 0.304 e. The van der Waals surface area contributed by atoms with Gasteiger partial charge in [-0.1, -0.05) is 6.92 Å². The number of hydrogen-bond donors (Lipinski definition) is 1. The van der Waals surface area contributed by atoms with Gasteiger partial charge in [-0.15, -0.1) is 11.3 Å². The van der Waals surface area contributed by atoms with Gasteiger partial charge in [-0.05, 0) is 38.6 Å². The molecule has 0 spiro atoms. The Kier molecular flexibility index (Phi) is 4.17. The highest BCUT2D eigenvalue weighted by molar-refractivity contribution is 7.11. The van der Waals surface area contributed by atoms with Gasteiger partial charge < -0.3 is 5.32 Å². The molecule has 20 heavy (non-hydrogen) atoms. The molecule has 2 aromatic heterocycles. The molecule has 1 unspecified atom stereocenters. The average molecular weight is 290 g/mol. The van der Waals surface area contributed by atoms with Crippen LogP contribution in [0.5, 0.6) is 0 Å². The lowest BCUT2D eigenvalue weighted by Gasteiger charge is -2.14. The van der Waals surface area contributed by atoms with Gasteiger partial charge in [0.1, 0.15) is 5.01 Å². The summed E-state index contributed by atoms with van der Waals surface area (Å²) < 4.78 is 1.86. The minimum absolute atomic E-state index is 0.194. The van der Waals surface area contributed by atoms with Gasteiger partial charge in [-0.2, -0.15) is 5.10 Å². The van der Waals surface area contributed by atoms with Gasteiger partial charge in [0, 0.05) is 23.7 Å². The Hall–Kier alpha value is -1.20. The molecule has 4 nitrogen and oxygen atoms in total. The van der Waals surface area contributed by atoms with E-state index >= 15 is 0 Å². The van der Waals surface area contributed by atoms with Crippen LogP contribution < -0.4 is 5.32 Å². The molecular weight excluding hydrogens is 268 g/mol. The lowest BCUT2D eigenvalue weighted by molar-refractivity contribution is 0.592. The van der Waals surface area contributed by atoms with Crippen molar-refractivity contribution in [2.75, 3.05) is 6.54 Å². The van der Waals surface area contributed by atoms with Gasteiger partial charge in [0.2, 0.25) is 0 Å². The van der Waals surface area contributed by atoms with Crippen LogP contribution in [0.3, 0.4) is 0 Å². The SMILES string of the molecule is CCCNC(c1cnn(C)c1)c1nc2c(s1)CCCC2. The number of nitrogens with one attached hydrogen (secondary N) is 1.